The molecule has 3 heteroatoms. The lowest BCUT2D eigenvalue weighted by Crippen LogP contribution is -2.49. The molecule has 2 fully saturated rings. The van der Waals surface area contributed by atoms with Gasteiger partial charge in [0.15, 0.2) is 0 Å². The highest BCUT2D eigenvalue weighted by Gasteiger charge is 2.26. The predicted molar refractivity (Wildman–Crippen MR) is 68.4 cm³/mol. The van der Waals surface area contributed by atoms with Gasteiger partial charge in [0, 0.05) is 45.3 Å². The van der Waals surface area contributed by atoms with Gasteiger partial charge in [0.2, 0.25) is 0 Å². The summed E-state index contributed by atoms with van der Waals surface area (Å²) in [6.45, 7) is 11.9. The number of nitrogens with zero attached hydrogens (tertiary/aromatic N) is 2. The Kier molecular flexibility index (Phi) is 4.22. The minimum Gasteiger partial charge on any atom is -0.328 e. The smallest absolute Gasteiger partial charge is 0.0110 e. The molecule has 1 aliphatic heterocycles. The summed E-state index contributed by atoms with van der Waals surface area (Å²) in [5.41, 5.74) is 5.92. The van der Waals surface area contributed by atoms with Crippen LogP contribution >= 0.6 is 0 Å². The van der Waals surface area contributed by atoms with Crippen molar-refractivity contribution in [2.24, 2.45) is 17.6 Å². The van der Waals surface area contributed by atoms with Gasteiger partial charge in [0.05, 0.1) is 0 Å². The zero-order valence-electron chi connectivity index (χ0n) is 10.9. The van der Waals surface area contributed by atoms with E-state index in [2.05, 4.69) is 23.6 Å². The molecule has 2 unspecified atom stereocenters. The third-order valence-electron chi connectivity index (χ3n) is 4.12. The predicted octanol–water partition coefficient (Wildman–Crippen LogP) is 0.997. The molecular weight excluding hydrogens is 198 g/mol. The van der Waals surface area contributed by atoms with Crippen LogP contribution in [0.4, 0.5) is 0 Å². The Hall–Kier alpha value is -0.120. The maximum atomic E-state index is 5.92. The van der Waals surface area contributed by atoms with Crippen LogP contribution in [0.3, 0.4) is 0 Å². The Morgan fingerprint density at radius 2 is 1.62 bits per heavy atom. The van der Waals surface area contributed by atoms with E-state index in [1.54, 1.807) is 0 Å². The first-order valence-corrected chi connectivity index (χ1v) is 6.85. The Balaban J connectivity index is 1.64. The summed E-state index contributed by atoms with van der Waals surface area (Å²) in [6.07, 6.45) is 2.95. The average molecular weight is 225 g/mol. The van der Waals surface area contributed by atoms with Crippen LogP contribution in [0.15, 0.2) is 0 Å². The van der Waals surface area contributed by atoms with Crippen LogP contribution < -0.4 is 5.73 Å². The van der Waals surface area contributed by atoms with E-state index in [4.69, 9.17) is 5.73 Å². The molecule has 2 aliphatic rings. The molecule has 0 aromatic heterocycles. The zero-order chi connectivity index (χ0) is 11.5. The summed E-state index contributed by atoms with van der Waals surface area (Å²) in [6, 6.07) is 0.324. The molecule has 1 heterocycles. The Labute approximate surface area is 100.0 Å². The summed E-state index contributed by atoms with van der Waals surface area (Å²) >= 11 is 0. The summed E-state index contributed by atoms with van der Waals surface area (Å²) in [5, 5.41) is 0. The largest absolute Gasteiger partial charge is 0.328 e. The van der Waals surface area contributed by atoms with Crippen LogP contribution in [-0.4, -0.2) is 55.1 Å². The Morgan fingerprint density at radius 3 is 2.12 bits per heavy atom. The molecule has 3 nitrogen and oxygen atoms in total. The normalized spacial score (nSPS) is 27.9. The minimum atomic E-state index is 0.324. The molecule has 2 N–H and O–H groups in total. The molecule has 1 saturated heterocycles. The van der Waals surface area contributed by atoms with Crippen molar-refractivity contribution in [3.63, 3.8) is 0 Å². The van der Waals surface area contributed by atoms with E-state index in [1.807, 2.05) is 0 Å². The summed E-state index contributed by atoms with van der Waals surface area (Å²) in [4.78, 5) is 5.22. The number of piperazine rings is 1. The third-order valence-corrected chi connectivity index (χ3v) is 4.12. The van der Waals surface area contributed by atoms with Crippen molar-refractivity contribution >= 4 is 0 Å². The molecule has 2 atom stereocenters. The SMILES string of the molecule is CC(N)C(C)CN1CCN(CC2CC2)CC1. The standard InChI is InChI=1S/C13H27N3/c1-11(12(2)14)9-15-5-7-16(8-6-15)10-13-3-4-13/h11-13H,3-10,14H2,1-2H3. The van der Waals surface area contributed by atoms with Gasteiger partial charge in [-0.1, -0.05) is 6.92 Å². The number of hydrogen-bond donors (Lipinski definition) is 1. The molecule has 0 aromatic rings. The van der Waals surface area contributed by atoms with E-state index in [-0.39, 0.29) is 0 Å². The van der Waals surface area contributed by atoms with Crippen LogP contribution in [0.25, 0.3) is 0 Å². The second-order valence-electron chi connectivity index (χ2n) is 5.88. The van der Waals surface area contributed by atoms with Gasteiger partial charge in [0.1, 0.15) is 0 Å². The number of nitrogens with two attached hydrogens (primary N) is 1. The highest BCUT2D eigenvalue weighted by Crippen LogP contribution is 2.29. The maximum absolute atomic E-state index is 5.92. The van der Waals surface area contributed by atoms with Gasteiger partial charge in [-0.3, -0.25) is 0 Å². The lowest BCUT2D eigenvalue weighted by Gasteiger charge is -2.36. The van der Waals surface area contributed by atoms with Crippen LogP contribution in [0.1, 0.15) is 26.7 Å². The van der Waals surface area contributed by atoms with Gasteiger partial charge in [-0.05, 0) is 31.6 Å². The van der Waals surface area contributed by atoms with Crippen LogP contribution in [0.5, 0.6) is 0 Å². The van der Waals surface area contributed by atoms with E-state index < -0.39 is 0 Å². The molecule has 0 aromatic carbocycles. The van der Waals surface area contributed by atoms with E-state index in [1.165, 1.54) is 52.1 Å². The van der Waals surface area contributed by atoms with Gasteiger partial charge in [0.25, 0.3) is 0 Å². The van der Waals surface area contributed by atoms with E-state index in [9.17, 15) is 0 Å². The molecule has 2 rings (SSSR count). The van der Waals surface area contributed by atoms with Crippen LogP contribution in [0.2, 0.25) is 0 Å². The molecule has 0 radical (unpaired) electrons. The lowest BCUT2D eigenvalue weighted by atomic mass is 10.0. The minimum absolute atomic E-state index is 0.324. The van der Waals surface area contributed by atoms with Gasteiger partial charge in [-0.2, -0.15) is 0 Å². The van der Waals surface area contributed by atoms with Gasteiger partial charge >= 0.3 is 0 Å². The monoisotopic (exact) mass is 225 g/mol. The van der Waals surface area contributed by atoms with Gasteiger partial charge in [-0.25, -0.2) is 0 Å². The van der Waals surface area contributed by atoms with Crippen molar-refractivity contribution in [2.45, 2.75) is 32.7 Å². The van der Waals surface area contributed by atoms with E-state index >= 15 is 0 Å². The fourth-order valence-corrected chi connectivity index (χ4v) is 2.39. The quantitative estimate of drug-likeness (QED) is 0.757. The van der Waals surface area contributed by atoms with Crippen LogP contribution in [-0.2, 0) is 0 Å². The zero-order valence-corrected chi connectivity index (χ0v) is 10.9. The fraction of sp³-hybridized carbons (Fsp3) is 1.00. The molecule has 0 bridgehead atoms. The second-order valence-corrected chi connectivity index (χ2v) is 5.88. The molecule has 1 saturated carbocycles. The highest BCUT2D eigenvalue weighted by atomic mass is 15.3. The number of hydrogen-bond acceptors (Lipinski definition) is 3. The van der Waals surface area contributed by atoms with Gasteiger partial charge in [-0.15, -0.1) is 0 Å². The summed E-state index contributed by atoms with van der Waals surface area (Å²) in [7, 11) is 0. The molecule has 16 heavy (non-hydrogen) atoms. The van der Waals surface area contributed by atoms with Crippen molar-refractivity contribution in [1.29, 1.82) is 0 Å². The van der Waals surface area contributed by atoms with Crippen molar-refractivity contribution in [3.05, 3.63) is 0 Å². The summed E-state index contributed by atoms with van der Waals surface area (Å²) < 4.78 is 0. The highest BCUT2D eigenvalue weighted by molar-refractivity contribution is 4.81. The first-order chi connectivity index (χ1) is 7.65. The summed E-state index contributed by atoms with van der Waals surface area (Å²) in [5.74, 6) is 1.66. The van der Waals surface area contributed by atoms with E-state index in [0.29, 0.717) is 12.0 Å². The van der Waals surface area contributed by atoms with Gasteiger partial charge < -0.3 is 15.5 Å². The molecule has 94 valence electrons. The molecule has 0 spiro atoms. The van der Waals surface area contributed by atoms with Crippen molar-refractivity contribution < 1.29 is 0 Å². The van der Waals surface area contributed by atoms with Crippen molar-refractivity contribution in [2.75, 3.05) is 39.3 Å². The van der Waals surface area contributed by atoms with E-state index in [0.717, 1.165) is 5.92 Å². The molecule has 0 amide bonds. The first-order valence-electron chi connectivity index (χ1n) is 6.85. The maximum Gasteiger partial charge on any atom is 0.0110 e. The Bertz CT molecular complexity index is 205. The van der Waals surface area contributed by atoms with Crippen molar-refractivity contribution in [3.8, 4) is 0 Å². The molecular formula is C13H27N3. The first kappa shape index (κ1) is 12.3. The second kappa shape index (κ2) is 5.48. The topological polar surface area (TPSA) is 32.5 Å². The van der Waals surface area contributed by atoms with Crippen molar-refractivity contribution in [1.82, 2.24) is 9.80 Å². The van der Waals surface area contributed by atoms with Crippen LogP contribution in [0, 0.1) is 11.8 Å². The number of rotatable bonds is 5. The Morgan fingerprint density at radius 1 is 1.06 bits per heavy atom. The lowest BCUT2D eigenvalue weighted by molar-refractivity contribution is 0.113. The molecule has 1 aliphatic carbocycles. The third kappa shape index (κ3) is 3.72. The average Bonchev–Trinajstić information content (AvgIpc) is 3.04. The fourth-order valence-electron chi connectivity index (χ4n) is 2.39.